The predicted octanol–water partition coefficient (Wildman–Crippen LogP) is 3.94. The Morgan fingerprint density at radius 1 is 1.33 bits per heavy atom. The Kier molecular flexibility index (Phi) is 5.54. The van der Waals surface area contributed by atoms with Crippen LogP contribution in [-0.2, 0) is 0 Å². The van der Waals surface area contributed by atoms with Crippen LogP contribution < -0.4 is 5.32 Å². The van der Waals surface area contributed by atoms with Gasteiger partial charge in [-0.05, 0) is 74.4 Å². The first kappa shape index (κ1) is 17.0. The lowest BCUT2D eigenvalue weighted by molar-refractivity contribution is 0.0812. The number of halogens is 2. The van der Waals surface area contributed by atoms with Gasteiger partial charge in [0.05, 0.1) is 5.02 Å². The number of likely N-dealkylation sites (tertiary alicyclic amines) is 1. The van der Waals surface area contributed by atoms with Gasteiger partial charge in [-0.25, -0.2) is 0 Å². The zero-order chi connectivity index (χ0) is 15.6. The molecule has 0 aliphatic carbocycles. The number of hydrogen-bond donors (Lipinski definition) is 1. The van der Waals surface area contributed by atoms with Gasteiger partial charge in [-0.2, -0.15) is 0 Å². The maximum absolute atomic E-state index is 12.3. The van der Waals surface area contributed by atoms with Gasteiger partial charge in [-0.3, -0.25) is 9.69 Å². The van der Waals surface area contributed by atoms with Gasteiger partial charge in [-0.15, -0.1) is 0 Å². The van der Waals surface area contributed by atoms with Gasteiger partial charge in [-0.1, -0.05) is 11.6 Å². The van der Waals surface area contributed by atoms with Crippen molar-refractivity contribution in [3.63, 3.8) is 0 Å². The first-order valence-electron chi connectivity index (χ1n) is 7.28. The smallest absolute Gasteiger partial charge is 0.251 e. The fraction of sp³-hybridized carbons (Fsp3) is 0.562. The molecule has 1 heterocycles. The summed E-state index contributed by atoms with van der Waals surface area (Å²) in [6.45, 7) is 8.77. The average molecular weight is 421 g/mol. The zero-order valence-electron chi connectivity index (χ0n) is 12.7. The van der Waals surface area contributed by atoms with Gasteiger partial charge in [0.2, 0.25) is 0 Å². The minimum absolute atomic E-state index is 0.0255. The maximum atomic E-state index is 12.3. The third-order valence-corrected chi connectivity index (χ3v) is 5.53. The second-order valence-corrected chi connectivity index (χ2v) is 8.10. The lowest BCUT2D eigenvalue weighted by Gasteiger charge is -2.41. The van der Waals surface area contributed by atoms with Crippen LogP contribution in [0.25, 0.3) is 0 Å². The molecule has 0 aromatic heterocycles. The van der Waals surface area contributed by atoms with Crippen molar-refractivity contribution in [2.45, 2.75) is 45.2 Å². The Labute approximate surface area is 145 Å². The van der Waals surface area contributed by atoms with Gasteiger partial charge < -0.3 is 5.32 Å². The quantitative estimate of drug-likeness (QED) is 0.735. The van der Waals surface area contributed by atoms with Crippen LogP contribution in [0, 0.1) is 3.57 Å². The number of nitrogens with zero attached hydrogens (tertiary/aromatic N) is 1. The van der Waals surface area contributed by atoms with Crippen LogP contribution in [-0.4, -0.2) is 35.5 Å². The fourth-order valence-electron chi connectivity index (χ4n) is 2.60. The molecule has 0 bridgehead atoms. The van der Waals surface area contributed by atoms with Gasteiger partial charge in [0, 0.05) is 33.8 Å². The van der Waals surface area contributed by atoms with E-state index in [4.69, 9.17) is 11.6 Å². The third-order valence-electron chi connectivity index (χ3n) is 3.96. The molecular formula is C16H22ClIN2O. The molecule has 0 unspecified atom stereocenters. The average Bonchev–Trinajstić information content (AvgIpc) is 2.41. The molecule has 3 nitrogen and oxygen atoms in total. The second kappa shape index (κ2) is 6.84. The van der Waals surface area contributed by atoms with Crippen LogP contribution >= 0.6 is 34.2 Å². The molecule has 116 valence electrons. The van der Waals surface area contributed by atoms with Crippen molar-refractivity contribution < 1.29 is 4.79 Å². The van der Waals surface area contributed by atoms with Crippen LogP contribution in [0.15, 0.2) is 18.2 Å². The highest BCUT2D eigenvalue weighted by molar-refractivity contribution is 14.1. The number of hydrogen-bond acceptors (Lipinski definition) is 2. The Balaban J connectivity index is 1.91. The predicted molar refractivity (Wildman–Crippen MR) is 96.0 cm³/mol. The Bertz CT molecular complexity index is 519. The highest BCUT2D eigenvalue weighted by Gasteiger charge is 2.27. The lowest BCUT2D eigenvalue weighted by Crippen LogP contribution is -2.50. The van der Waals surface area contributed by atoms with E-state index in [2.05, 4.69) is 53.6 Å². The summed E-state index contributed by atoms with van der Waals surface area (Å²) >= 11 is 8.24. The first-order valence-corrected chi connectivity index (χ1v) is 8.74. The molecule has 5 heteroatoms. The standard InChI is InChI=1S/C16H22ClIN2O/c1-16(2,3)20-8-6-12(7-9-20)19-15(21)11-4-5-14(18)13(17)10-11/h4-5,10,12H,6-9H2,1-3H3,(H,19,21). The van der Waals surface area contributed by atoms with Crippen molar-refractivity contribution >= 4 is 40.1 Å². The van der Waals surface area contributed by atoms with E-state index < -0.39 is 0 Å². The summed E-state index contributed by atoms with van der Waals surface area (Å²) in [5.74, 6) is -0.0255. The highest BCUT2D eigenvalue weighted by atomic mass is 127. The molecule has 1 aromatic carbocycles. The largest absolute Gasteiger partial charge is 0.349 e. The van der Waals surface area contributed by atoms with Crippen molar-refractivity contribution in [2.24, 2.45) is 0 Å². The summed E-state index contributed by atoms with van der Waals surface area (Å²) in [7, 11) is 0. The van der Waals surface area contributed by atoms with Crippen molar-refractivity contribution in [3.8, 4) is 0 Å². The van der Waals surface area contributed by atoms with Crippen LogP contribution in [0.4, 0.5) is 0 Å². The van der Waals surface area contributed by atoms with Gasteiger partial charge in [0.25, 0.3) is 5.91 Å². The Morgan fingerprint density at radius 2 is 1.95 bits per heavy atom. The molecule has 1 aliphatic heterocycles. The van der Waals surface area contributed by atoms with E-state index in [0.717, 1.165) is 29.5 Å². The number of carbonyl (C=O) groups excluding carboxylic acids is 1. The van der Waals surface area contributed by atoms with Crippen molar-refractivity contribution in [2.75, 3.05) is 13.1 Å². The fourth-order valence-corrected chi connectivity index (χ4v) is 3.12. The minimum atomic E-state index is -0.0255. The summed E-state index contributed by atoms with van der Waals surface area (Å²) < 4.78 is 0.962. The van der Waals surface area contributed by atoms with Gasteiger partial charge in [0.1, 0.15) is 0 Å². The molecule has 21 heavy (non-hydrogen) atoms. The Hall–Kier alpha value is -0.330. The van der Waals surface area contributed by atoms with E-state index in [1.54, 1.807) is 6.07 Å². The number of rotatable bonds is 2. The molecule has 1 aliphatic rings. The van der Waals surface area contributed by atoms with Crippen molar-refractivity contribution in [1.29, 1.82) is 0 Å². The van der Waals surface area contributed by atoms with E-state index in [1.807, 2.05) is 12.1 Å². The van der Waals surface area contributed by atoms with Crippen LogP contribution in [0.2, 0.25) is 5.02 Å². The molecule has 0 saturated carbocycles. The van der Waals surface area contributed by atoms with Crippen LogP contribution in [0.3, 0.4) is 0 Å². The maximum Gasteiger partial charge on any atom is 0.251 e. The molecule has 0 radical (unpaired) electrons. The molecule has 1 N–H and O–H groups in total. The molecule has 2 rings (SSSR count). The summed E-state index contributed by atoms with van der Waals surface area (Å²) in [5.41, 5.74) is 0.845. The lowest BCUT2D eigenvalue weighted by atomic mass is 9.98. The number of carbonyl (C=O) groups is 1. The van der Waals surface area contributed by atoms with E-state index >= 15 is 0 Å². The first-order chi connectivity index (χ1) is 9.77. The molecule has 1 amide bonds. The summed E-state index contributed by atoms with van der Waals surface area (Å²) in [6, 6.07) is 5.70. The van der Waals surface area contributed by atoms with E-state index in [1.165, 1.54) is 0 Å². The highest BCUT2D eigenvalue weighted by Crippen LogP contribution is 2.22. The van der Waals surface area contributed by atoms with Gasteiger partial charge in [0.15, 0.2) is 0 Å². The number of amides is 1. The van der Waals surface area contributed by atoms with Crippen molar-refractivity contribution in [3.05, 3.63) is 32.4 Å². The SMILES string of the molecule is CC(C)(C)N1CCC(NC(=O)c2ccc(I)c(Cl)c2)CC1. The topological polar surface area (TPSA) is 32.3 Å². The molecule has 0 atom stereocenters. The van der Waals surface area contributed by atoms with Crippen LogP contribution in [0.5, 0.6) is 0 Å². The normalized spacial score (nSPS) is 17.8. The number of nitrogens with one attached hydrogen (secondary N) is 1. The van der Waals surface area contributed by atoms with E-state index in [9.17, 15) is 4.79 Å². The van der Waals surface area contributed by atoms with Gasteiger partial charge >= 0.3 is 0 Å². The molecular weight excluding hydrogens is 399 g/mol. The molecule has 1 fully saturated rings. The summed E-state index contributed by atoms with van der Waals surface area (Å²) in [4.78, 5) is 14.7. The van der Waals surface area contributed by atoms with Crippen molar-refractivity contribution in [1.82, 2.24) is 10.2 Å². The number of benzene rings is 1. The second-order valence-electron chi connectivity index (χ2n) is 6.53. The molecule has 1 saturated heterocycles. The third kappa shape index (κ3) is 4.57. The van der Waals surface area contributed by atoms with E-state index in [0.29, 0.717) is 10.6 Å². The molecule has 1 aromatic rings. The van der Waals surface area contributed by atoms with Crippen LogP contribution in [0.1, 0.15) is 44.0 Å². The summed E-state index contributed by atoms with van der Waals surface area (Å²) in [6.07, 6.45) is 2.00. The summed E-state index contributed by atoms with van der Waals surface area (Å²) in [5, 5.41) is 3.76. The monoisotopic (exact) mass is 420 g/mol. The Morgan fingerprint density at radius 3 is 2.48 bits per heavy atom. The number of piperidine rings is 1. The molecule has 0 spiro atoms. The minimum Gasteiger partial charge on any atom is -0.349 e. The zero-order valence-corrected chi connectivity index (χ0v) is 15.7. The van der Waals surface area contributed by atoms with E-state index in [-0.39, 0.29) is 17.5 Å².